The average Bonchev–Trinajstić information content (AvgIpc) is 2.63. The Morgan fingerprint density at radius 2 is 1.27 bits per heavy atom. The van der Waals surface area contributed by atoms with Crippen LogP contribution in [0.15, 0.2) is 0 Å². The number of hydrogen-bond acceptors (Lipinski definition) is 4. The Kier molecular flexibility index (Phi) is 18.0. The van der Waals surface area contributed by atoms with Crippen LogP contribution in [0.5, 0.6) is 0 Å². The van der Waals surface area contributed by atoms with E-state index in [0.29, 0.717) is 32.3 Å². The van der Waals surface area contributed by atoms with Crippen LogP contribution in [0, 0.1) is 0 Å². The number of hydrogen-bond donors (Lipinski definition) is 0. The molecule has 0 bridgehead atoms. The summed E-state index contributed by atoms with van der Waals surface area (Å²) in [6.45, 7) is 6.89. The highest BCUT2D eigenvalue weighted by atomic mass is 16.5. The van der Waals surface area contributed by atoms with Crippen LogP contribution in [-0.2, 0) is 19.1 Å². The molecular weight excluding hydrogens is 328 g/mol. The Labute approximate surface area is 161 Å². The van der Waals surface area contributed by atoms with Crippen molar-refractivity contribution in [1.29, 1.82) is 0 Å². The molecule has 0 fully saturated rings. The third-order valence-corrected chi connectivity index (χ3v) is 4.64. The zero-order valence-electron chi connectivity index (χ0n) is 17.5. The molecule has 0 aromatic rings. The maximum Gasteiger partial charge on any atom is 0.306 e. The van der Waals surface area contributed by atoms with E-state index >= 15 is 0 Å². The highest BCUT2D eigenvalue weighted by Crippen LogP contribution is 2.11. The summed E-state index contributed by atoms with van der Waals surface area (Å²) in [6.07, 6.45) is 15.0. The lowest BCUT2D eigenvalue weighted by atomic mass is 10.1. The molecule has 0 saturated heterocycles. The van der Waals surface area contributed by atoms with E-state index in [0.717, 1.165) is 32.1 Å². The van der Waals surface area contributed by atoms with E-state index in [4.69, 9.17) is 9.47 Å². The van der Waals surface area contributed by atoms with Gasteiger partial charge in [-0.1, -0.05) is 72.1 Å². The highest BCUT2D eigenvalue weighted by Gasteiger charge is 2.11. The number of rotatable bonds is 18. The molecule has 0 heterocycles. The molecule has 1 unspecified atom stereocenters. The van der Waals surface area contributed by atoms with Crippen LogP contribution in [0.4, 0.5) is 0 Å². The second-order valence-electron chi connectivity index (χ2n) is 7.21. The summed E-state index contributed by atoms with van der Waals surface area (Å²) >= 11 is 0. The number of esters is 2. The summed E-state index contributed by atoms with van der Waals surface area (Å²) in [7, 11) is 0. The molecule has 4 heteroatoms. The fourth-order valence-electron chi connectivity index (χ4n) is 2.95. The summed E-state index contributed by atoms with van der Waals surface area (Å²) in [5.41, 5.74) is 0. The minimum atomic E-state index is -0.141. The van der Waals surface area contributed by atoms with Crippen molar-refractivity contribution in [3.05, 3.63) is 0 Å². The van der Waals surface area contributed by atoms with Crippen molar-refractivity contribution in [3.63, 3.8) is 0 Å². The van der Waals surface area contributed by atoms with E-state index in [1.54, 1.807) is 0 Å². The summed E-state index contributed by atoms with van der Waals surface area (Å²) in [5, 5.41) is 0. The lowest BCUT2D eigenvalue weighted by Crippen LogP contribution is -2.17. The molecule has 4 nitrogen and oxygen atoms in total. The Hall–Kier alpha value is -1.06. The summed E-state index contributed by atoms with van der Waals surface area (Å²) in [4.78, 5) is 23.4. The standard InChI is InChI=1S/C22H42O4/c1-4-7-8-9-10-11-12-15-19-25-21(23)17-13-14-18-22(24)26-20(6-3)16-5-2/h20H,4-19H2,1-3H3. The average molecular weight is 371 g/mol. The van der Waals surface area contributed by atoms with Gasteiger partial charge in [-0.15, -0.1) is 0 Å². The summed E-state index contributed by atoms with van der Waals surface area (Å²) < 4.78 is 10.7. The van der Waals surface area contributed by atoms with Gasteiger partial charge in [0.1, 0.15) is 6.10 Å². The van der Waals surface area contributed by atoms with E-state index in [2.05, 4.69) is 13.8 Å². The van der Waals surface area contributed by atoms with Crippen molar-refractivity contribution in [1.82, 2.24) is 0 Å². The molecule has 0 radical (unpaired) electrons. The zero-order valence-corrected chi connectivity index (χ0v) is 17.5. The van der Waals surface area contributed by atoms with Crippen molar-refractivity contribution >= 4 is 11.9 Å². The van der Waals surface area contributed by atoms with Gasteiger partial charge >= 0.3 is 11.9 Å². The molecule has 0 saturated carbocycles. The fourth-order valence-corrected chi connectivity index (χ4v) is 2.95. The monoisotopic (exact) mass is 370 g/mol. The van der Waals surface area contributed by atoms with Gasteiger partial charge in [-0.25, -0.2) is 0 Å². The molecule has 1 atom stereocenters. The van der Waals surface area contributed by atoms with Gasteiger partial charge in [-0.05, 0) is 32.1 Å². The Morgan fingerprint density at radius 1 is 0.692 bits per heavy atom. The van der Waals surface area contributed by atoms with E-state index in [-0.39, 0.29) is 18.0 Å². The first-order chi connectivity index (χ1) is 12.6. The normalized spacial score (nSPS) is 12.0. The predicted octanol–water partition coefficient (Wildman–Crippen LogP) is 6.35. The molecule has 0 aromatic carbocycles. The first-order valence-electron chi connectivity index (χ1n) is 11.0. The van der Waals surface area contributed by atoms with Crippen LogP contribution >= 0.6 is 0 Å². The minimum Gasteiger partial charge on any atom is -0.466 e. The Bertz CT molecular complexity index is 341. The van der Waals surface area contributed by atoms with Gasteiger partial charge in [-0.2, -0.15) is 0 Å². The maximum atomic E-state index is 11.7. The summed E-state index contributed by atoms with van der Waals surface area (Å²) in [6, 6.07) is 0. The van der Waals surface area contributed by atoms with Gasteiger partial charge in [0.05, 0.1) is 6.61 Å². The molecular formula is C22H42O4. The molecule has 0 aliphatic heterocycles. The van der Waals surface area contributed by atoms with E-state index in [1.165, 1.54) is 38.5 Å². The lowest BCUT2D eigenvalue weighted by molar-refractivity contribution is -0.150. The Balaban J connectivity index is 3.45. The van der Waals surface area contributed by atoms with Gasteiger partial charge in [0.25, 0.3) is 0 Å². The van der Waals surface area contributed by atoms with Gasteiger partial charge in [0, 0.05) is 12.8 Å². The smallest absolute Gasteiger partial charge is 0.306 e. The van der Waals surface area contributed by atoms with Crippen molar-refractivity contribution in [2.75, 3.05) is 6.61 Å². The van der Waals surface area contributed by atoms with Crippen LogP contribution < -0.4 is 0 Å². The number of ether oxygens (including phenoxy) is 2. The van der Waals surface area contributed by atoms with Gasteiger partial charge < -0.3 is 9.47 Å². The minimum absolute atomic E-state index is 0.0455. The largest absolute Gasteiger partial charge is 0.466 e. The van der Waals surface area contributed by atoms with Gasteiger partial charge in [0.15, 0.2) is 0 Å². The van der Waals surface area contributed by atoms with Crippen LogP contribution in [0.1, 0.15) is 117 Å². The van der Waals surface area contributed by atoms with Crippen LogP contribution in [-0.4, -0.2) is 24.6 Å². The third-order valence-electron chi connectivity index (χ3n) is 4.64. The topological polar surface area (TPSA) is 52.6 Å². The molecule has 154 valence electrons. The van der Waals surface area contributed by atoms with Crippen molar-refractivity contribution in [2.45, 2.75) is 123 Å². The molecule has 26 heavy (non-hydrogen) atoms. The van der Waals surface area contributed by atoms with E-state index in [1.807, 2.05) is 6.92 Å². The molecule has 0 aliphatic rings. The second-order valence-corrected chi connectivity index (χ2v) is 7.21. The summed E-state index contributed by atoms with van der Waals surface area (Å²) in [5.74, 6) is -0.281. The van der Waals surface area contributed by atoms with E-state index in [9.17, 15) is 9.59 Å². The van der Waals surface area contributed by atoms with Gasteiger partial charge in [-0.3, -0.25) is 9.59 Å². The molecule has 0 rings (SSSR count). The molecule has 0 aromatic heterocycles. The highest BCUT2D eigenvalue weighted by molar-refractivity contribution is 5.70. The SMILES string of the molecule is CCCCCCCCCCOC(=O)CCCCC(=O)OC(CC)CCC. The predicted molar refractivity (Wildman–Crippen MR) is 107 cm³/mol. The van der Waals surface area contributed by atoms with Crippen LogP contribution in [0.2, 0.25) is 0 Å². The second kappa shape index (κ2) is 18.7. The number of carbonyl (C=O) groups excluding carboxylic acids is 2. The van der Waals surface area contributed by atoms with Gasteiger partial charge in [0.2, 0.25) is 0 Å². The van der Waals surface area contributed by atoms with Crippen LogP contribution in [0.25, 0.3) is 0 Å². The van der Waals surface area contributed by atoms with E-state index < -0.39 is 0 Å². The third kappa shape index (κ3) is 16.4. The first-order valence-corrected chi connectivity index (χ1v) is 11.0. The molecule has 0 spiro atoms. The first kappa shape index (κ1) is 24.9. The number of carbonyl (C=O) groups is 2. The quantitative estimate of drug-likeness (QED) is 0.208. The molecule has 0 N–H and O–H groups in total. The fraction of sp³-hybridized carbons (Fsp3) is 0.909. The van der Waals surface area contributed by atoms with Crippen LogP contribution in [0.3, 0.4) is 0 Å². The molecule has 0 aliphatic carbocycles. The Morgan fingerprint density at radius 3 is 1.85 bits per heavy atom. The maximum absolute atomic E-state index is 11.7. The van der Waals surface area contributed by atoms with Crippen molar-refractivity contribution < 1.29 is 19.1 Å². The zero-order chi connectivity index (χ0) is 19.5. The number of unbranched alkanes of at least 4 members (excludes halogenated alkanes) is 8. The lowest BCUT2D eigenvalue weighted by Gasteiger charge is -2.15. The van der Waals surface area contributed by atoms with Crippen molar-refractivity contribution in [3.8, 4) is 0 Å². The van der Waals surface area contributed by atoms with Crippen molar-refractivity contribution in [2.24, 2.45) is 0 Å². The molecule has 0 amide bonds.